The molecule has 0 saturated heterocycles. The molecular formula is C16H19ClN2O2. The van der Waals surface area contributed by atoms with Crippen molar-refractivity contribution in [1.82, 2.24) is 4.98 Å². The Morgan fingerprint density at radius 3 is 2.90 bits per heavy atom. The molecule has 3 rings (SSSR count). The molecule has 0 radical (unpaired) electrons. The Hall–Kier alpha value is -1.52. The van der Waals surface area contributed by atoms with Crippen LogP contribution in [0.15, 0.2) is 12.1 Å². The van der Waals surface area contributed by atoms with Crippen LogP contribution in [0.4, 0.5) is 0 Å². The smallest absolute Gasteiger partial charge is 0.163 e. The molecule has 2 N–H and O–H groups in total. The van der Waals surface area contributed by atoms with E-state index in [0.717, 1.165) is 47.3 Å². The van der Waals surface area contributed by atoms with Gasteiger partial charge < -0.3 is 15.2 Å². The van der Waals surface area contributed by atoms with Crippen molar-refractivity contribution in [3.63, 3.8) is 0 Å². The van der Waals surface area contributed by atoms with E-state index in [-0.39, 0.29) is 0 Å². The van der Waals surface area contributed by atoms with Gasteiger partial charge in [0.05, 0.1) is 24.3 Å². The maximum Gasteiger partial charge on any atom is 0.163 e. The third kappa shape index (κ3) is 2.65. The van der Waals surface area contributed by atoms with Crippen LogP contribution in [0.1, 0.15) is 24.1 Å². The summed E-state index contributed by atoms with van der Waals surface area (Å²) in [4.78, 5) is 4.74. The zero-order chi connectivity index (χ0) is 14.8. The Labute approximate surface area is 129 Å². The van der Waals surface area contributed by atoms with Gasteiger partial charge in [-0.25, -0.2) is 0 Å². The molecule has 0 atom stereocenters. The standard InChI is InChI=1S/C16H19ClN2O2/c1-20-14-8-11-13(9-15(14)21-7-3-6-18)19-12-5-2-4-10(12)16(11)17/h8-9H,2-7,18H2,1H3. The van der Waals surface area contributed by atoms with E-state index >= 15 is 0 Å². The lowest BCUT2D eigenvalue weighted by atomic mass is 10.1. The summed E-state index contributed by atoms with van der Waals surface area (Å²) < 4.78 is 11.2. The number of fused-ring (bicyclic) bond motifs is 2. The van der Waals surface area contributed by atoms with E-state index in [4.69, 9.17) is 31.8 Å². The molecule has 0 saturated carbocycles. The lowest BCUT2D eigenvalue weighted by molar-refractivity contribution is 0.292. The van der Waals surface area contributed by atoms with Crippen molar-refractivity contribution < 1.29 is 9.47 Å². The van der Waals surface area contributed by atoms with Crippen LogP contribution in [-0.2, 0) is 12.8 Å². The highest BCUT2D eigenvalue weighted by molar-refractivity contribution is 6.36. The minimum absolute atomic E-state index is 0.567. The van der Waals surface area contributed by atoms with Crippen LogP contribution < -0.4 is 15.2 Å². The number of methoxy groups -OCH3 is 1. The fourth-order valence-corrected chi connectivity index (χ4v) is 3.11. The van der Waals surface area contributed by atoms with Gasteiger partial charge in [0, 0.05) is 17.1 Å². The van der Waals surface area contributed by atoms with Crippen molar-refractivity contribution in [2.75, 3.05) is 20.3 Å². The van der Waals surface area contributed by atoms with Gasteiger partial charge >= 0.3 is 0 Å². The highest BCUT2D eigenvalue weighted by Crippen LogP contribution is 2.39. The van der Waals surface area contributed by atoms with E-state index in [1.165, 1.54) is 5.56 Å². The largest absolute Gasteiger partial charge is 0.493 e. The number of nitrogens with zero attached hydrogens (tertiary/aromatic N) is 1. The number of pyridine rings is 1. The third-order valence-corrected chi connectivity index (χ3v) is 4.27. The van der Waals surface area contributed by atoms with Gasteiger partial charge in [-0.3, -0.25) is 4.98 Å². The number of halogens is 1. The SMILES string of the molecule is COc1cc2c(Cl)c3c(nc2cc1OCCCN)CCC3. The van der Waals surface area contributed by atoms with Gasteiger partial charge in [-0.15, -0.1) is 0 Å². The number of rotatable bonds is 5. The van der Waals surface area contributed by atoms with Crippen molar-refractivity contribution in [1.29, 1.82) is 0 Å². The second kappa shape index (κ2) is 6.08. The average molecular weight is 307 g/mol. The highest BCUT2D eigenvalue weighted by Gasteiger charge is 2.20. The summed E-state index contributed by atoms with van der Waals surface area (Å²) in [5.41, 5.74) is 8.66. The van der Waals surface area contributed by atoms with E-state index in [1.54, 1.807) is 7.11 Å². The fourth-order valence-electron chi connectivity index (χ4n) is 2.75. The number of benzene rings is 1. The molecule has 1 aromatic carbocycles. The van der Waals surface area contributed by atoms with Crippen LogP contribution in [0.2, 0.25) is 5.02 Å². The quantitative estimate of drug-likeness (QED) is 0.862. The molecule has 0 unspecified atom stereocenters. The van der Waals surface area contributed by atoms with Gasteiger partial charge in [0.15, 0.2) is 11.5 Å². The molecule has 0 aliphatic heterocycles. The van der Waals surface area contributed by atoms with Crippen LogP contribution in [-0.4, -0.2) is 25.2 Å². The highest BCUT2D eigenvalue weighted by atomic mass is 35.5. The maximum absolute atomic E-state index is 6.54. The summed E-state index contributed by atoms with van der Waals surface area (Å²) in [6, 6.07) is 3.83. The number of aryl methyl sites for hydroxylation is 1. The van der Waals surface area contributed by atoms with Crippen LogP contribution in [0.25, 0.3) is 10.9 Å². The van der Waals surface area contributed by atoms with Crippen LogP contribution in [0.3, 0.4) is 0 Å². The monoisotopic (exact) mass is 306 g/mol. The van der Waals surface area contributed by atoms with E-state index in [1.807, 2.05) is 12.1 Å². The van der Waals surface area contributed by atoms with Crippen LogP contribution in [0, 0.1) is 0 Å². The summed E-state index contributed by atoms with van der Waals surface area (Å²) in [6.45, 7) is 1.17. The molecule has 0 bridgehead atoms. The number of nitrogens with two attached hydrogens (primary N) is 1. The van der Waals surface area contributed by atoms with E-state index < -0.39 is 0 Å². The first-order chi connectivity index (χ1) is 10.2. The first kappa shape index (κ1) is 14.4. The minimum Gasteiger partial charge on any atom is -0.493 e. The van der Waals surface area contributed by atoms with Gasteiger partial charge in [-0.2, -0.15) is 0 Å². The molecule has 1 aliphatic rings. The van der Waals surface area contributed by atoms with Crippen molar-refractivity contribution in [2.45, 2.75) is 25.7 Å². The van der Waals surface area contributed by atoms with Crippen LogP contribution in [0.5, 0.6) is 11.5 Å². The summed E-state index contributed by atoms with van der Waals surface area (Å²) in [6.07, 6.45) is 3.93. The van der Waals surface area contributed by atoms with Gasteiger partial charge in [0.25, 0.3) is 0 Å². The molecule has 1 aromatic heterocycles. The molecule has 1 aliphatic carbocycles. The fraction of sp³-hybridized carbons (Fsp3) is 0.438. The molecule has 5 heteroatoms. The Kier molecular flexibility index (Phi) is 4.17. The predicted molar refractivity (Wildman–Crippen MR) is 84.5 cm³/mol. The van der Waals surface area contributed by atoms with Gasteiger partial charge in [-0.05, 0) is 43.9 Å². The normalized spacial score (nSPS) is 13.5. The first-order valence-corrected chi connectivity index (χ1v) is 7.64. The Morgan fingerprint density at radius 2 is 2.14 bits per heavy atom. The number of aromatic nitrogens is 1. The first-order valence-electron chi connectivity index (χ1n) is 7.26. The van der Waals surface area contributed by atoms with Crippen molar-refractivity contribution in [3.05, 3.63) is 28.4 Å². The summed E-state index contributed by atoms with van der Waals surface area (Å²) in [5, 5.41) is 1.74. The summed E-state index contributed by atoms with van der Waals surface area (Å²) >= 11 is 6.54. The lowest BCUT2D eigenvalue weighted by Gasteiger charge is -2.13. The molecule has 4 nitrogen and oxygen atoms in total. The number of ether oxygens (including phenoxy) is 2. The molecule has 0 amide bonds. The Balaban J connectivity index is 2.07. The number of hydrogen-bond acceptors (Lipinski definition) is 4. The molecule has 0 spiro atoms. The zero-order valence-electron chi connectivity index (χ0n) is 12.1. The lowest BCUT2D eigenvalue weighted by Crippen LogP contribution is -2.07. The van der Waals surface area contributed by atoms with E-state index in [9.17, 15) is 0 Å². The Bertz CT molecular complexity index is 673. The molecule has 1 heterocycles. The average Bonchev–Trinajstić information content (AvgIpc) is 2.96. The van der Waals surface area contributed by atoms with Crippen LogP contribution >= 0.6 is 11.6 Å². The molecule has 0 fully saturated rings. The van der Waals surface area contributed by atoms with E-state index in [0.29, 0.717) is 24.7 Å². The molecular weight excluding hydrogens is 288 g/mol. The molecule has 112 valence electrons. The molecule has 21 heavy (non-hydrogen) atoms. The van der Waals surface area contributed by atoms with Crippen molar-refractivity contribution >= 4 is 22.5 Å². The third-order valence-electron chi connectivity index (χ3n) is 3.83. The second-order valence-electron chi connectivity index (χ2n) is 5.22. The zero-order valence-corrected chi connectivity index (χ0v) is 12.9. The van der Waals surface area contributed by atoms with Crippen molar-refractivity contribution in [3.8, 4) is 11.5 Å². The van der Waals surface area contributed by atoms with E-state index in [2.05, 4.69) is 0 Å². The summed E-state index contributed by atoms with van der Waals surface area (Å²) in [7, 11) is 1.63. The second-order valence-corrected chi connectivity index (χ2v) is 5.59. The predicted octanol–water partition coefficient (Wildman–Crippen LogP) is 3.11. The minimum atomic E-state index is 0.567. The van der Waals surface area contributed by atoms with Gasteiger partial charge in [-0.1, -0.05) is 11.6 Å². The van der Waals surface area contributed by atoms with Crippen molar-refractivity contribution in [2.24, 2.45) is 5.73 Å². The van der Waals surface area contributed by atoms with Gasteiger partial charge in [0.2, 0.25) is 0 Å². The Morgan fingerprint density at radius 1 is 1.29 bits per heavy atom. The van der Waals surface area contributed by atoms with Gasteiger partial charge in [0.1, 0.15) is 0 Å². The number of hydrogen-bond donors (Lipinski definition) is 1. The topological polar surface area (TPSA) is 57.4 Å². The summed E-state index contributed by atoms with van der Waals surface area (Å²) in [5.74, 6) is 1.38. The molecule has 2 aromatic rings. The maximum atomic E-state index is 6.54.